The lowest BCUT2D eigenvalue weighted by Crippen LogP contribution is -2.42. The van der Waals surface area contributed by atoms with E-state index in [1.165, 1.54) is 6.42 Å². The second-order valence-corrected chi connectivity index (χ2v) is 6.41. The van der Waals surface area contributed by atoms with Crippen LogP contribution in [-0.4, -0.2) is 25.1 Å². The average molecular weight is 340 g/mol. The van der Waals surface area contributed by atoms with Crippen molar-refractivity contribution in [3.63, 3.8) is 0 Å². The molecule has 0 aliphatic heterocycles. The number of nitrogens with one attached hydrogen (secondary N) is 1. The Bertz CT molecular complexity index is 705. The minimum absolute atomic E-state index is 0.0318. The Morgan fingerprint density at radius 1 is 1.00 bits per heavy atom. The van der Waals surface area contributed by atoms with Crippen LogP contribution in [0.4, 0.5) is 5.69 Å². The molecule has 1 amide bonds. The van der Waals surface area contributed by atoms with E-state index in [1.807, 2.05) is 30.3 Å². The highest BCUT2D eigenvalue weighted by molar-refractivity contribution is 5.99. The van der Waals surface area contributed by atoms with Gasteiger partial charge in [0.05, 0.1) is 31.5 Å². The molecule has 1 saturated carbocycles. The number of pyridine rings is 1. The van der Waals surface area contributed by atoms with E-state index in [1.54, 1.807) is 26.5 Å². The van der Waals surface area contributed by atoms with Crippen LogP contribution in [-0.2, 0) is 10.2 Å². The molecule has 1 aromatic carbocycles. The van der Waals surface area contributed by atoms with E-state index >= 15 is 0 Å². The highest BCUT2D eigenvalue weighted by Crippen LogP contribution is 2.41. The van der Waals surface area contributed by atoms with Crippen molar-refractivity contribution in [2.24, 2.45) is 0 Å². The third-order valence-corrected chi connectivity index (χ3v) is 4.99. The molecule has 1 N–H and O–H groups in total. The quantitative estimate of drug-likeness (QED) is 0.895. The van der Waals surface area contributed by atoms with Gasteiger partial charge in [-0.25, -0.2) is 4.98 Å². The number of hydrogen-bond donors (Lipinski definition) is 1. The standard InChI is InChI=1S/C20H24N2O3/c1-24-17-9-6-15(7-10-17)20(12-4-3-5-13-20)19(23)22-16-8-11-18(25-2)21-14-16/h6-11,14H,3-5,12-13H2,1-2H3,(H,22,23). The molecule has 0 radical (unpaired) electrons. The largest absolute Gasteiger partial charge is 0.497 e. The molecule has 0 spiro atoms. The molecule has 0 atom stereocenters. The third kappa shape index (κ3) is 3.60. The summed E-state index contributed by atoms with van der Waals surface area (Å²) in [6.07, 6.45) is 6.63. The Kier molecular flexibility index (Phi) is 5.22. The third-order valence-electron chi connectivity index (χ3n) is 4.99. The Morgan fingerprint density at radius 3 is 2.28 bits per heavy atom. The summed E-state index contributed by atoms with van der Waals surface area (Å²) < 4.78 is 10.3. The van der Waals surface area contributed by atoms with Gasteiger partial charge in [0.25, 0.3) is 0 Å². The van der Waals surface area contributed by atoms with Crippen LogP contribution in [0.15, 0.2) is 42.6 Å². The number of anilines is 1. The molecule has 25 heavy (non-hydrogen) atoms. The summed E-state index contributed by atoms with van der Waals surface area (Å²) in [5.74, 6) is 1.36. The molecule has 5 nitrogen and oxygen atoms in total. The van der Waals surface area contributed by atoms with Crippen molar-refractivity contribution in [1.29, 1.82) is 0 Å². The molecule has 132 valence electrons. The van der Waals surface area contributed by atoms with E-state index in [9.17, 15) is 4.79 Å². The topological polar surface area (TPSA) is 60.5 Å². The van der Waals surface area contributed by atoms with Crippen molar-refractivity contribution in [3.8, 4) is 11.6 Å². The summed E-state index contributed by atoms with van der Waals surface area (Å²) >= 11 is 0. The van der Waals surface area contributed by atoms with Crippen molar-refractivity contribution < 1.29 is 14.3 Å². The molecular formula is C20H24N2O3. The number of rotatable bonds is 5. The number of nitrogens with zero attached hydrogens (tertiary/aromatic N) is 1. The van der Waals surface area contributed by atoms with Crippen molar-refractivity contribution in [1.82, 2.24) is 4.98 Å². The SMILES string of the molecule is COc1ccc(C2(C(=O)Nc3ccc(OC)nc3)CCCCC2)cc1. The summed E-state index contributed by atoms with van der Waals surface area (Å²) in [6.45, 7) is 0. The van der Waals surface area contributed by atoms with E-state index in [2.05, 4.69) is 10.3 Å². The van der Waals surface area contributed by atoms with E-state index < -0.39 is 5.41 Å². The van der Waals surface area contributed by atoms with Gasteiger partial charge in [-0.2, -0.15) is 0 Å². The summed E-state index contributed by atoms with van der Waals surface area (Å²) in [7, 11) is 3.22. The maximum Gasteiger partial charge on any atom is 0.235 e. The van der Waals surface area contributed by atoms with Crippen LogP contribution >= 0.6 is 0 Å². The first kappa shape index (κ1) is 17.3. The van der Waals surface area contributed by atoms with Gasteiger partial charge in [-0.3, -0.25) is 4.79 Å². The fraction of sp³-hybridized carbons (Fsp3) is 0.400. The normalized spacial score (nSPS) is 16.1. The Morgan fingerprint density at radius 2 is 1.72 bits per heavy atom. The monoisotopic (exact) mass is 340 g/mol. The van der Waals surface area contributed by atoms with Crippen molar-refractivity contribution in [2.75, 3.05) is 19.5 Å². The Hall–Kier alpha value is -2.56. The van der Waals surface area contributed by atoms with Crippen molar-refractivity contribution in [2.45, 2.75) is 37.5 Å². The van der Waals surface area contributed by atoms with Gasteiger partial charge in [-0.05, 0) is 36.6 Å². The number of carbonyl (C=O) groups excluding carboxylic acids is 1. The molecule has 1 aromatic heterocycles. The molecule has 5 heteroatoms. The number of ether oxygens (including phenoxy) is 2. The van der Waals surface area contributed by atoms with Gasteiger partial charge in [-0.15, -0.1) is 0 Å². The number of carbonyl (C=O) groups is 1. The molecule has 1 aliphatic rings. The lowest BCUT2D eigenvalue weighted by atomic mass is 9.68. The summed E-state index contributed by atoms with van der Waals surface area (Å²) in [6, 6.07) is 11.4. The number of amides is 1. The van der Waals surface area contributed by atoms with E-state index in [4.69, 9.17) is 9.47 Å². The number of benzene rings is 1. The first-order chi connectivity index (χ1) is 12.2. The fourth-order valence-electron chi connectivity index (χ4n) is 3.54. The van der Waals surface area contributed by atoms with Gasteiger partial charge < -0.3 is 14.8 Å². The molecule has 2 aromatic rings. The zero-order valence-corrected chi connectivity index (χ0v) is 14.7. The molecule has 0 saturated heterocycles. The lowest BCUT2D eigenvalue weighted by Gasteiger charge is -2.36. The van der Waals surface area contributed by atoms with Gasteiger partial charge in [0.1, 0.15) is 5.75 Å². The van der Waals surface area contributed by atoms with Gasteiger partial charge in [0, 0.05) is 6.07 Å². The van der Waals surface area contributed by atoms with Crippen LogP contribution in [0, 0.1) is 0 Å². The Balaban J connectivity index is 1.86. The number of hydrogen-bond acceptors (Lipinski definition) is 4. The van der Waals surface area contributed by atoms with Crippen LogP contribution in [0.25, 0.3) is 0 Å². The predicted molar refractivity (Wildman–Crippen MR) is 97.2 cm³/mol. The minimum atomic E-state index is -0.496. The zero-order chi connectivity index (χ0) is 17.7. The van der Waals surface area contributed by atoms with Gasteiger partial charge in [0.15, 0.2) is 0 Å². The molecule has 1 aliphatic carbocycles. The van der Waals surface area contributed by atoms with Crippen LogP contribution in [0.5, 0.6) is 11.6 Å². The Labute approximate surface area is 148 Å². The minimum Gasteiger partial charge on any atom is -0.497 e. The van der Waals surface area contributed by atoms with Crippen molar-refractivity contribution >= 4 is 11.6 Å². The first-order valence-corrected chi connectivity index (χ1v) is 8.64. The van der Waals surface area contributed by atoms with Gasteiger partial charge in [0.2, 0.25) is 11.8 Å². The number of methoxy groups -OCH3 is 2. The van der Waals surface area contributed by atoms with E-state index in [0.29, 0.717) is 11.6 Å². The molecule has 0 unspecified atom stereocenters. The van der Waals surface area contributed by atoms with Crippen LogP contribution in [0.1, 0.15) is 37.7 Å². The molecule has 0 bridgehead atoms. The second-order valence-electron chi connectivity index (χ2n) is 6.41. The van der Waals surface area contributed by atoms with Crippen molar-refractivity contribution in [3.05, 3.63) is 48.2 Å². The van der Waals surface area contributed by atoms with Crippen LogP contribution in [0.3, 0.4) is 0 Å². The maximum atomic E-state index is 13.2. The zero-order valence-electron chi connectivity index (χ0n) is 14.7. The molecule has 1 fully saturated rings. The fourth-order valence-corrected chi connectivity index (χ4v) is 3.54. The maximum absolute atomic E-state index is 13.2. The van der Waals surface area contributed by atoms with E-state index in [-0.39, 0.29) is 5.91 Å². The highest BCUT2D eigenvalue weighted by atomic mass is 16.5. The molecule has 1 heterocycles. The first-order valence-electron chi connectivity index (χ1n) is 8.64. The molecule has 3 rings (SSSR count). The number of aromatic nitrogens is 1. The smallest absolute Gasteiger partial charge is 0.235 e. The van der Waals surface area contributed by atoms with Gasteiger partial charge >= 0.3 is 0 Å². The molecular weight excluding hydrogens is 316 g/mol. The summed E-state index contributed by atoms with van der Waals surface area (Å²) in [5, 5.41) is 3.04. The average Bonchev–Trinajstić information content (AvgIpc) is 2.69. The summed E-state index contributed by atoms with van der Waals surface area (Å²) in [5.41, 5.74) is 1.24. The van der Waals surface area contributed by atoms with Crippen LogP contribution < -0.4 is 14.8 Å². The predicted octanol–water partition coefficient (Wildman–Crippen LogP) is 3.94. The highest BCUT2D eigenvalue weighted by Gasteiger charge is 2.41. The van der Waals surface area contributed by atoms with E-state index in [0.717, 1.165) is 37.0 Å². The lowest BCUT2D eigenvalue weighted by molar-refractivity contribution is -0.122. The van der Waals surface area contributed by atoms with Crippen LogP contribution in [0.2, 0.25) is 0 Å². The van der Waals surface area contributed by atoms with Gasteiger partial charge in [-0.1, -0.05) is 31.4 Å². The second kappa shape index (κ2) is 7.55. The summed E-state index contributed by atoms with van der Waals surface area (Å²) in [4.78, 5) is 17.4.